The van der Waals surface area contributed by atoms with E-state index in [9.17, 15) is 0 Å². The highest BCUT2D eigenvalue weighted by atomic mass is 32.1. The van der Waals surface area contributed by atoms with Crippen molar-refractivity contribution in [1.29, 1.82) is 0 Å². The van der Waals surface area contributed by atoms with Crippen molar-refractivity contribution in [3.8, 4) is 89.5 Å². The molecule has 2 heterocycles. The van der Waals surface area contributed by atoms with Crippen LogP contribution in [0.3, 0.4) is 0 Å². The number of rotatable bonds is 7. The summed E-state index contributed by atoms with van der Waals surface area (Å²) < 4.78 is 2.60. The van der Waals surface area contributed by atoms with Crippen molar-refractivity contribution < 1.29 is 0 Å². The molecule has 0 radical (unpaired) electrons. The van der Waals surface area contributed by atoms with Gasteiger partial charge in [0.05, 0.1) is 11.4 Å². The first-order valence-electron chi connectivity index (χ1n) is 22.0. The number of hydrogen-bond acceptors (Lipinski definition) is 3. The maximum atomic E-state index is 5.40. The molecule has 0 spiro atoms. The van der Waals surface area contributed by atoms with E-state index in [1.54, 1.807) is 0 Å². The van der Waals surface area contributed by atoms with Gasteiger partial charge in [0.25, 0.3) is 0 Å². The van der Waals surface area contributed by atoms with Gasteiger partial charge < -0.3 is 0 Å². The van der Waals surface area contributed by atoms with E-state index in [-0.39, 0.29) is 5.41 Å². The Morgan fingerprint density at radius 2 is 0.859 bits per heavy atom. The van der Waals surface area contributed by atoms with Gasteiger partial charge in [0.1, 0.15) is 0 Å². The number of nitrogens with zero attached hydrogens (tertiary/aromatic N) is 2. The van der Waals surface area contributed by atoms with Crippen molar-refractivity contribution in [2.75, 3.05) is 0 Å². The Morgan fingerprint density at radius 3 is 1.66 bits per heavy atom. The highest BCUT2D eigenvalue weighted by Gasteiger charge is 2.35. The highest BCUT2D eigenvalue weighted by Crippen LogP contribution is 2.50. The van der Waals surface area contributed by atoms with Gasteiger partial charge in [0, 0.05) is 42.3 Å². The van der Waals surface area contributed by atoms with E-state index in [2.05, 4.69) is 226 Å². The molecule has 0 atom stereocenters. The van der Waals surface area contributed by atoms with Gasteiger partial charge in [-0.05, 0) is 121 Å². The zero-order valence-corrected chi connectivity index (χ0v) is 36.4. The van der Waals surface area contributed by atoms with E-state index in [0.717, 1.165) is 50.3 Å². The van der Waals surface area contributed by atoms with Crippen molar-refractivity contribution in [2.45, 2.75) is 19.3 Å². The Balaban J connectivity index is 1.05. The van der Waals surface area contributed by atoms with Gasteiger partial charge in [0.2, 0.25) is 0 Å². The van der Waals surface area contributed by atoms with Crippen molar-refractivity contribution >= 4 is 31.5 Å². The van der Waals surface area contributed by atoms with E-state index in [4.69, 9.17) is 9.97 Å². The van der Waals surface area contributed by atoms with Crippen LogP contribution in [0.1, 0.15) is 25.0 Å². The summed E-state index contributed by atoms with van der Waals surface area (Å²) in [5.74, 6) is 0.692. The summed E-state index contributed by atoms with van der Waals surface area (Å²) in [6.45, 7) is 4.69. The third-order valence-electron chi connectivity index (χ3n) is 13.1. The van der Waals surface area contributed by atoms with E-state index < -0.39 is 0 Å². The number of thiophene rings is 1. The van der Waals surface area contributed by atoms with Crippen LogP contribution in [0.2, 0.25) is 0 Å². The van der Waals surface area contributed by atoms with E-state index in [1.165, 1.54) is 64.7 Å². The molecule has 3 heteroatoms. The summed E-state index contributed by atoms with van der Waals surface area (Å²) in [7, 11) is 0. The average molecular weight is 835 g/mol. The summed E-state index contributed by atoms with van der Waals surface area (Å²) >= 11 is 1.85. The second-order valence-corrected chi connectivity index (χ2v) is 18.4. The fourth-order valence-electron chi connectivity index (χ4n) is 9.80. The molecule has 1 aliphatic carbocycles. The maximum absolute atomic E-state index is 5.40. The molecule has 0 saturated carbocycles. The number of benzene rings is 9. The molecule has 0 bridgehead atoms. The van der Waals surface area contributed by atoms with Crippen LogP contribution in [0.15, 0.2) is 218 Å². The van der Waals surface area contributed by atoms with Gasteiger partial charge in [-0.25, -0.2) is 9.97 Å². The summed E-state index contributed by atoms with van der Waals surface area (Å²) in [6.07, 6.45) is 0. The molecular formula is C61H42N2S. The molecule has 9 aromatic carbocycles. The molecule has 0 fully saturated rings. The predicted molar refractivity (Wildman–Crippen MR) is 271 cm³/mol. The van der Waals surface area contributed by atoms with E-state index >= 15 is 0 Å². The zero-order chi connectivity index (χ0) is 42.8. The minimum absolute atomic E-state index is 0.107. The topological polar surface area (TPSA) is 25.8 Å². The summed E-state index contributed by atoms with van der Waals surface area (Å²) in [4.78, 5) is 10.8. The summed E-state index contributed by atoms with van der Waals surface area (Å²) in [5.41, 5.74) is 19.4. The first-order chi connectivity index (χ1) is 31.4. The van der Waals surface area contributed by atoms with Gasteiger partial charge in [0.15, 0.2) is 5.82 Å². The lowest BCUT2D eigenvalue weighted by molar-refractivity contribution is 0.660. The van der Waals surface area contributed by atoms with E-state index in [1.807, 2.05) is 17.4 Å². The van der Waals surface area contributed by atoms with Crippen molar-refractivity contribution in [3.63, 3.8) is 0 Å². The Bertz CT molecular complexity index is 3580. The third kappa shape index (κ3) is 6.56. The fraction of sp³-hybridized carbons (Fsp3) is 0.0492. The van der Waals surface area contributed by atoms with Crippen LogP contribution in [0.25, 0.3) is 110 Å². The molecule has 0 unspecified atom stereocenters. The van der Waals surface area contributed by atoms with Crippen LogP contribution in [0, 0.1) is 0 Å². The van der Waals surface area contributed by atoms with Crippen LogP contribution in [0.5, 0.6) is 0 Å². The maximum Gasteiger partial charge on any atom is 0.160 e. The normalized spacial score (nSPS) is 12.7. The molecule has 1 aliphatic rings. The molecule has 0 aliphatic heterocycles. The molecule has 64 heavy (non-hydrogen) atoms. The zero-order valence-electron chi connectivity index (χ0n) is 35.6. The first kappa shape index (κ1) is 38.0. The lowest BCUT2D eigenvalue weighted by atomic mass is 9.81. The molecule has 12 rings (SSSR count). The Hall–Kier alpha value is -7.72. The molecule has 302 valence electrons. The van der Waals surface area contributed by atoms with E-state index in [0.29, 0.717) is 5.82 Å². The molecule has 2 aromatic heterocycles. The van der Waals surface area contributed by atoms with Gasteiger partial charge in [-0.2, -0.15) is 0 Å². The molecule has 0 N–H and O–H groups in total. The lowest BCUT2D eigenvalue weighted by Crippen LogP contribution is -2.14. The van der Waals surface area contributed by atoms with Crippen LogP contribution >= 0.6 is 11.3 Å². The second-order valence-electron chi connectivity index (χ2n) is 17.4. The monoisotopic (exact) mass is 834 g/mol. The Kier molecular flexibility index (Phi) is 9.06. The minimum Gasteiger partial charge on any atom is -0.228 e. The molecule has 2 nitrogen and oxygen atoms in total. The second kappa shape index (κ2) is 15.3. The van der Waals surface area contributed by atoms with Crippen LogP contribution < -0.4 is 0 Å². The highest BCUT2D eigenvalue weighted by molar-refractivity contribution is 7.25. The van der Waals surface area contributed by atoms with Gasteiger partial charge in [-0.15, -0.1) is 11.3 Å². The number of fused-ring (bicyclic) bond motifs is 6. The molecular weight excluding hydrogens is 793 g/mol. The average Bonchev–Trinajstić information content (AvgIpc) is 3.85. The Labute approximate surface area is 377 Å². The van der Waals surface area contributed by atoms with Gasteiger partial charge in [-0.3, -0.25) is 0 Å². The van der Waals surface area contributed by atoms with Crippen molar-refractivity contribution in [3.05, 3.63) is 230 Å². The first-order valence-corrected chi connectivity index (χ1v) is 22.8. The predicted octanol–water partition coefficient (Wildman–Crippen LogP) is 16.8. The fourth-order valence-corrected chi connectivity index (χ4v) is 10.9. The lowest BCUT2D eigenvalue weighted by Gasteiger charge is -2.22. The minimum atomic E-state index is -0.107. The molecule has 11 aromatic rings. The Morgan fingerprint density at radius 1 is 0.312 bits per heavy atom. The van der Waals surface area contributed by atoms with Crippen LogP contribution in [0.4, 0.5) is 0 Å². The quantitative estimate of drug-likeness (QED) is 0.160. The SMILES string of the molecule is CC1(C)c2ccccc2-c2ccc(-c3ccccc3-c3cc(-c4cc(-c5cccc(-c6ccccc6)c5)cc(-c5ccc6sc7ccccc7c6c5)c4)nc(-c4ccccc4)n3)cc21. The van der Waals surface area contributed by atoms with Crippen molar-refractivity contribution in [2.24, 2.45) is 0 Å². The molecule has 0 saturated heterocycles. The number of aromatic nitrogens is 2. The number of hydrogen-bond donors (Lipinski definition) is 0. The summed E-state index contributed by atoms with van der Waals surface area (Å²) in [6, 6.07) is 79.2. The standard InChI is InChI=1S/C61H42N2S/c1-61(2)54-26-13-11-23-49(54)50-30-28-44(37-55(50)61)48-22-9-10-24-51(48)57-38-56(62-60(63-57)40-18-7-4-8-19-40)47-34-45(42-21-15-20-41(32-42)39-16-5-3-6-17-39)33-46(35-47)43-29-31-59-53(36-43)52-25-12-14-27-58(52)64-59/h3-38H,1-2H3. The van der Waals surface area contributed by atoms with Crippen LogP contribution in [-0.4, -0.2) is 9.97 Å². The van der Waals surface area contributed by atoms with Crippen LogP contribution in [-0.2, 0) is 5.41 Å². The van der Waals surface area contributed by atoms with Crippen molar-refractivity contribution in [1.82, 2.24) is 9.97 Å². The van der Waals surface area contributed by atoms with Gasteiger partial charge in [-0.1, -0.05) is 178 Å². The summed E-state index contributed by atoms with van der Waals surface area (Å²) in [5, 5.41) is 2.57. The largest absolute Gasteiger partial charge is 0.228 e. The van der Waals surface area contributed by atoms with Gasteiger partial charge >= 0.3 is 0 Å². The smallest absolute Gasteiger partial charge is 0.160 e. The molecule has 0 amide bonds. The third-order valence-corrected chi connectivity index (χ3v) is 14.2.